The lowest BCUT2D eigenvalue weighted by molar-refractivity contribution is -0.116. The fraction of sp³-hybridized carbons (Fsp3) is 0.320. The van der Waals surface area contributed by atoms with Crippen molar-refractivity contribution in [1.82, 2.24) is 9.55 Å². The molecule has 0 saturated carbocycles. The quantitative estimate of drug-likeness (QED) is 0.402. The second-order valence-electron chi connectivity index (χ2n) is 8.48. The molecule has 0 radical (unpaired) electrons. The molecule has 0 unspecified atom stereocenters. The molecule has 1 amide bonds. The molecular weight excluding hydrogens is 441 g/mol. The van der Waals surface area contributed by atoms with Gasteiger partial charge in [-0.05, 0) is 35.2 Å². The van der Waals surface area contributed by atoms with E-state index in [2.05, 4.69) is 24.1 Å². The summed E-state index contributed by atoms with van der Waals surface area (Å²) in [7, 11) is 1.75. The van der Waals surface area contributed by atoms with Gasteiger partial charge in [-0.1, -0.05) is 55.9 Å². The number of benzene rings is 2. The molecule has 1 aromatic heterocycles. The normalized spacial score (nSPS) is 15.3. The minimum Gasteiger partial charge on any atom is -0.493 e. The molecule has 0 spiro atoms. The van der Waals surface area contributed by atoms with Gasteiger partial charge in [0, 0.05) is 25.1 Å². The zero-order valence-corrected chi connectivity index (χ0v) is 19.6. The van der Waals surface area contributed by atoms with Gasteiger partial charge in [0.05, 0.1) is 12.2 Å². The van der Waals surface area contributed by atoms with Crippen molar-refractivity contribution in [1.29, 1.82) is 0 Å². The Hall–Kier alpha value is -3.13. The summed E-state index contributed by atoms with van der Waals surface area (Å²) in [5, 5.41) is 3.25. The van der Waals surface area contributed by atoms with Crippen molar-refractivity contribution >= 4 is 23.5 Å². The molecule has 4 rings (SSSR count). The third kappa shape index (κ3) is 5.11. The molecule has 0 aliphatic carbocycles. The summed E-state index contributed by atoms with van der Waals surface area (Å²) in [6.45, 7) is 4.78. The number of nitrogens with zero attached hydrogens (tertiary/aromatic N) is 2. The Labute approximate surface area is 196 Å². The van der Waals surface area contributed by atoms with Crippen LogP contribution >= 0.6 is 11.8 Å². The van der Waals surface area contributed by atoms with Crippen LogP contribution in [0.2, 0.25) is 0 Å². The molecule has 0 bridgehead atoms. The number of nitrogens with one attached hydrogen (secondary N) is 1. The topological polar surface area (TPSA) is 73.2 Å². The highest BCUT2D eigenvalue weighted by Gasteiger charge is 2.32. The molecule has 33 heavy (non-hydrogen) atoms. The van der Waals surface area contributed by atoms with Crippen molar-refractivity contribution in [2.45, 2.75) is 37.1 Å². The summed E-state index contributed by atoms with van der Waals surface area (Å²) < 4.78 is 21.4. The van der Waals surface area contributed by atoms with E-state index in [1.165, 1.54) is 17.8 Å². The number of ether oxygens (including phenoxy) is 1. The first kappa shape index (κ1) is 23.0. The van der Waals surface area contributed by atoms with E-state index in [1.54, 1.807) is 29.8 Å². The summed E-state index contributed by atoms with van der Waals surface area (Å²) in [6, 6.07) is 14.0. The molecule has 1 atom stereocenters. The van der Waals surface area contributed by atoms with Crippen LogP contribution in [0.5, 0.6) is 5.75 Å². The van der Waals surface area contributed by atoms with Crippen LogP contribution in [-0.2, 0) is 17.6 Å². The van der Waals surface area contributed by atoms with Crippen LogP contribution in [0.15, 0.2) is 58.5 Å². The van der Waals surface area contributed by atoms with Gasteiger partial charge < -0.3 is 14.6 Å². The molecule has 2 aromatic carbocycles. The maximum atomic E-state index is 14.0. The number of carbonyl (C=O) groups excluding carboxylic acids is 1. The van der Waals surface area contributed by atoms with Gasteiger partial charge in [-0.15, -0.1) is 0 Å². The van der Waals surface area contributed by atoms with Gasteiger partial charge >= 0.3 is 0 Å². The van der Waals surface area contributed by atoms with Crippen LogP contribution in [0, 0.1) is 11.7 Å². The Morgan fingerprint density at radius 2 is 1.91 bits per heavy atom. The van der Waals surface area contributed by atoms with Crippen LogP contribution in [0.1, 0.15) is 42.9 Å². The van der Waals surface area contributed by atoms with Crippen LogP contribution < -0.4 is 15.6 Å². The Morgan fingerprint density at radius 1 is 1.18 bits per heavy atom. The van der Waals surface area contributed by atoms with Crippen molar-refractivity contribution in [2.24, 2.45) is 13.0 Å². The average molecular weight is 468 g/mol. The highest BCUT2D eigenvalue weighted by molar-refractivity contribution is 7.98. The van der Waals surface area contributed by atoms with Crippen molar-refractivity contribution in [3.05, 3.63) is 81.4 Å². The lowest BCUT2D eigenvalue weighted by atomic mass is 9.87. The minimum atomic E-state index is -0.398. The van der Waals surface area contributed by atoms with E-state index in [4.69, 9.17) is 4.74 Å². The van der Waals surface area contributed by atoms with Gasteiger partial charge in [0.2, 0.25) is 5.91 Å². The fourth-order valence-electron chi connectivity index (χ4n) is 3.77. The van der Waals surface area contributed by atoms with Crippen LogP contribution in [-0.4, -0.2) is 22.1 Å². The zero-order valence-electron chi connectivity index (χ0n) is 18.8. The minimum absolute atomic E-state index is 0.165. The molecule has 0 saturated heterocycles. The van der Waals surface area contributed by atoms with Gasteiger partial charge in [-0.2, -0.15) is 4.98 Å². The van der Waals surface area contributed by atoms with Gasteiger partial charge in [0.25, 0.3) is 5.56 Å². The Balaban J connectivity index is 1.63. The molecule has 2 heterocycles. The number of carbonyl (C=O) groups is 1. The van der Waals surface area contributed by atoms with Gasteiger partial charge in [-0.3, -0.25) is 9.59 Å². The zero-order chi connectivity index (χ0) is 23.5. The largest absolute Gasteiger partial charge is 0.493 e. The smallest absolute Gasteiger partial charge is 0.279 e. The van der Waals surface area contributed by atoms with E-state index in [0.717, 1.165) is 11.3 Å². The number of amides is 1. The maximum absolute atomic E-state index is 14.0. The number of hydrogen-bond donors (Lipinski definition) is 1. The number of aromatic nitrogens is 2. The third-order valence-electron chi connectivity index (χ3n) is 5.48. The van der Waals surface area contributed by atoms with E-state index < -0.39 is 5.92 Å². The molecule has 6 nitrogen and oxygen atoms in total. The highest BCUT2D eigenvalue weighted by atomic mass is 32.2. The Bertz CT molecular complexity index is 1220. The average Bonchev–Trinajstić information content (AvgIpc) is 2.79. The number of hydrogen-bond acceptors (Lipinski definition) is 5. The molecule has 0 fully saturated rings. The fourth-order valence-corrected chi connectivity index (χ4v) is 4.72. The van der Waals surface area contributed by atoms with Crippen LogP contribution in [0.3, 0.4) is 0 Å². The molecule has 1 aliphatic rings. The second kappa shape index (κ2) is 9.79. The van der Waals surface area contributed by atoms with E-state index in [1.807, 2.05) is 24.3 Å². The second-order valence-corrected chi connectivity index (χ2v) is 9.42. The predicted molar refractivity (Wildman–Crippen MR) is 127 cm³/mol. The van der Waals surface area contributed by atoms with Crippen LogP contribution in [0.4, 0.5) is 10.2 Å². The van der Waals surface area contributed by atoms with E-state index >= 15 is 0 Å². The van der Waals surface area contributed by atoms with E-state index in [9.17, 15) is 14.0 Å². The monoisotopic (exact) mass is 467 g/mol. The lowest BCUT2D eigenvalue weighted by Crippen LogP contribution is -2.33. The first-order chi connectivity index (χ1) is 15.8. The van der Waals surface area contributed by atoms with Crippen molar-refractivity contribution in [3.8, 4) is 5.75 Å². The molecular formula is C25H26FN3O3S. The molecule has 172 valence electrons. The molecule has 1 aliphatic heterocycles. The lowest BCUT2D eigenvalue weighted by Gasteiger charge is -2.27. The van der Waals surface area contributed by atoms with E-state index in [0.29, 0.717) is 40.4 Å². The molecule has 3 aromatic rings. The summed E-state index contributed by atoms with van der Waals surface area (Å²) in [5.41, 5.74) is 1.46. The number of fused-ring (bicyclic) bond motifs is 1. The Morgan fingerprint density at radius 3 is 2.61 bits per heavy atom. The van der Waals surface area contributed by atoms with Crippen molar-refractivity contribution in [3.63, 3.8) is 0 Å². The Kier molecular flexibility index (Phi) is 6.83. The van der Waals surface area contributed by atoms with Gasteiger partial charge in [0.1, 0.15) is 17.4 Å². The van der Waals surface area contributed by atoms with Crippen molar-refractivity contribution < 1.29 is 13.9 Å². The number of halogens is 1. The first-order valence-corrected chi connectivity index (χ1v) is 11.8. The number of anilines is 1. The van der Waals surface area contributed by atoms with Crippen LogP contribution in [0.25, 0.3) is 0 Å². The summed E-state index contributed by atoms with van der Waals surface area (Å²) in [6.07, 6.45) is 0.165. The first-order valence-electron chi connectivity index (χ1n) is 10.8. The SMILES string of the molecule is CC(C)COc1ccc([C@H]2CC(=O)Nc3c2c(=O)nc(SCc2ccccc2F)n3C)cc1. The third-order valence-corrected chi connectivity index (χ3v) is 6.56. The number of thioether (sulfide) groups is 1. The highest BCUT2D eigenvalue weighted by Crippen LogP contribution is 2.36. The molecule has 1 N–H and O–H groups in total. The maximum Gasteiger partial charge on any atom is 0.279 e. The number of rotatable bonds is 7. The predicted octanol–water partition coefficient (Wildman–Crippen LogP) is 4.72. The van der Waals surface area contributed by atoms with Gasteiger partial charge in [0.15, 0.2) is 5.16 Å². The standard InChI is InChI=1S/C25H26FN3O3S/c1-15(2)13-32-18-10-8-16(9-11-18)19-12-21(30)27-23-22(19)24(31)28-25(29(23)3)33-14-17-6-4-5-7-20(17)26/h4-11,15,19H,12-14H2,1-3H3,(H,27,30)/t19-/m1/s1. The van der Waals surface area contributed by atoms with E-state index in [-0.39, 0.29) is 23.7 Å². The summed E-state index contributed by atoms with van der Waals surface area (Å²) in [4.78, 5) is 29.9. The summed E-state index contributed by atoms with van der Waals surface area (Å²) >= 11 is 1.25. The summed E-state index contributed by atoms with van der Waals surface area (Å²) in [5.74, 6) is 1.05. The van der Waals surface area contributed by atoms with Gasteiger partial charge in [-0.25, -0.2) is 4.39 Å². The molecule has 8 heteroatoms. The van der Waals surface area contributed by atoms with Crippen molar-refractivity contribution in [2.75, 3.05) is 11.9 Å².